The number of halogens is 5. The fraction of sp³-hybridized carbons (Fsp3) is 0.182. The van der Waals surface area contributed by atoms with Crippen LogP contribution in [0.2, 0.25) is 5.02 Å². The summed E-state index contributed by atoms with van der Waals surface area (Å²) >= 11 is 5.94. The lowest BCUT2D eigenvalue weighted by Crippen LogP contribution is -2.10. The largest absolute Gasteiger partial charge is 0.451 e. The zero-order valence-electron chi connectivity index (χ0n) is 9.86. The van der Waals surface area contributed by atoms with E-state index in [2.05, 4.69) is 15.0 Å². The highest BCUT2D eigenvalue weighted by Crippen LogP contribution is 2.29. The minimum Gasteiger partial charge on any atom is -0.325 e. The maximum Gasteiger partial charge on any atom is 0.451 e. The number of nitrogens with zero attached hydrogens (tertiary/aromatic N) is 3. The van der Waals surface area contributed by atoms with Crippen molar-refractivity contribution in [2.75, 3.05) is 0 Å². The second kappa shape index (κ2) is 6.34. The number of rotatable bonds is 2. The Kier molecular flexibility index (Phi) is 5.27. The van der Waals surface area contributed by atoms with Gasteiger partial charge in [0.05, 0.1) is 10.7 Å². The van der Waals surface area contributed by atoms with Gasteiger partial charge in [0.1, 0.15) is 0 Å². The maximum atomic E-state index is 12.3. The first-order chi connectivity index (χ1) is 8.91. The van der Waals surface area contributed by atoms with Crippen molar-refractivity contribution in [1.29, 1.82) is 0 Å². The first-order valence-corrected chi connectivity index (χ1v) is 5.53. The Morgan fingerprint density at radius 1 is 1.10 bits per heavy atom. The van der Waals surface area contributed by atoms with Gasteiger partial charge in [-0.1, -0.05) is 11.6 Å². The molecule has 0 radical (unpaired) electrons. The summed E-state index contributed by atoms with van der Waals surface area (Å²) in [6, 6.07) is 1.59. The Morgan fingerprint density at radius 2 is 1.70 bits per heavy atom. The van der Waals surface area contributed by atoms with Crippen LogP contribution in [0.15, 0.2) is 24.7 Å². The molecule has 0 unspecified atom stereocenters. The lowest BCUT2D eigenvalue weighted by Gasteiger charge is -2.07. The first-order valence-electron chi connectivity index (χ1n) is 5.16. The monoisotopic (exact) mass is 324 g/mol. The van der Waals surface area contributed by atoms with E-state index in [4.69, 9.17) is 17.3 Å². The normalized spacial score (nSPS) is 11.1. The molecule has 0 spiro atoms. The van der Waals surface area contributed by atoms with E-state index < -0.39 is 12.0 Å². The van der Waals surface area contributed by atoms with Crippen molar-refractivity contribution < 1.29 is 13.2 Å². The van der Waals surface area contributed by atoms with Crippen LogP contribution in [0.25, 0.3) is 11.1 Å². The summed E-state index contributed by atoms with van der Waals surface area (Å²) < 4.78 is 37.0. The number of hydrogen-bond acceptors (Lipinski definition) is 4. The van der Waals surface area contributed by atoms with E-state index in [1.807, 2.05) is 0 Å². The predicted octanol–water partition coefficient (Wildman–Crippen LogP) is 3.09. The molecular weight excluding hydrogens is 316 g/mol. The molecule has 0 saturated carbocycles. The molecule has 0 bridgehead atoms. The van der Waals surface area contributed by atoms with Crippen molar-refractivity contribution in [3.63, 3.8) is 0 Å². The zero-order chi connectivity index (χ0) is 14.0. The minimum atomic E-state index is -4.57. The van der Waals surface area contributed by atoms with Crippen LogP contribution in [-0.2, 0) is 12.7 Å². The van der Waals surface area contributed by atoms with Gasteiger partial charge in [0.15, 0.2) is 0 Å². The Bertz CT molecular complexity index is 587. The molecule has 0 aromatic carbocycles. The van der Waals surface area contributed by atoms with Gasteiger partial charge in [0.2, 0.25) is 5.82 Å². The highest BCUT2D eigenvalue weighted by molar-refractivity contribution is 6.33. The fourth-order valence-corrected chi connectivity index (χ4v) is 1.64. The molecule has 2 N–H and O–H groups in total. The molecule has 0 amide bonds. The Balaban J connectivity index is 0.00000200. The van der Waals surface area contributed by atoms with E-state index >= 15 is 0 Å². The van der Waals surface area contributed by atoms with Crippen LogP contribution in [0.3, 0.4) is 0 Å². The standard InChI is InChI=1S/C11H8ClF3N4.ClH/c12-9-5-17-7(2-16)1-8(9)6-3-18-10(19-4-6)11(13,14)15;/h1,3-5H,2,16H2;1H. The summed E-state index contributed by atoms with van der Waals surface area (Å²) in [7, 11) is 0. The van der Waals surface area contributed by atoms with Crippen LogP contribution in [0.5, 0.6) is 0 Å². The van der Waals surface area contributed by atoms with E-state index in [0.717, 1.165) is 12.4 Å². The molecule has 4 nitrogen and oxygen atoms in total. The van der Waals surface area contributed by atoms with E-state index in [1.54, 1.807) is 6.07 Å². The minimum absolute atomic E-state index is 0. The molecule has 0 aliphatic heterocycles. The molecule has 2 heterocycles. The third-order valence-corrected chi connectivity index (χ3v) is 2.64. The summed E-state index contributed by atoms with van der Waals surface area (Å²) in [5.74, 6) is -1.19. The number of hydrogen-bond donors (Lipinski definition) is 1. The second-order valence-electron chi connectivity index (χ2n) is 3.65. The van der Waals surface area contributed by atoms with Gasteiger partial charge in [-0.3, -0.25) is 4.98 Å². The molecule has 2 aromatic heterocycles. The molecule has 20 heavy (non-hydrogen) atoms. The average molecular weight is 325 g/mol. The third-order valence-electron chi connectivity index (χ3n) is 2.34. The van der Waals surface area contributed by atoms with Crippen LogP contribution in [0.1, 0.15) is 11.5 Å². The van der Waals surface area contributed by atoms with E-state index in [0.29, 0.717) is 21.8 Å². The molecule has 0 fully saturated rings. The van der Waals surface area contributed by atoms with E-state index in [9.17, 15) is 13.2 Å². The molecule has 2 aromatic rings. The van der Waals surface area contributed by atoms with Gasteiger partial charge in [-0.2, -0.15) is 13.2 Å². The molecule has 0 aliphatic rings. The van der Waals surface area contributed by atoms with Crippen molar-refractivity contribution in [2.45, 2.75) is 12.7 Å². The van der Waals surface area contributed by atoms with Crippen LogP contribution >= 0.6 is 24.0 Å². The van der Waals surface area contributed by atoms with Crippen molar-refractivity contribution in [1.82, 2.24) is 15.0 Å². The quantitative estimate of drug-likeness (QED) is 0.921. The van der Waals surface area contributed by atoms with Gasteiger partial charge in [-0.05, 0) is 6.07 Å². The summed E-state index contributed by atoms with van der Waals surface area (Å²) in [5.41, 5.74) is 6.87. The molecule has 0 aliphatic carbocycles. The number of nitrogens with two attached hydrogens (primary N) is 1. The van der Waals surface area contributed by atoms with Crippen LogP contribution < -0.4 is 5.73 Å². The van der Waals surface area contributed by atoms with Crippen LogP contribution in [-0.4, -0.2) is 15.0 Å². The fourth-order valence-electron chi connectivity index (χ4n) is 1.43. The van der Waals surface area contributed by atoms with Crippen LogP contribution in [0, 0.1) is 0 Å². The zero-order valence-corrected chi connectivity index (χ0v) is 11.4. The van der Waals surface area contributed by atoms with Crippen molar-refractivity contribution in [3.05, 3.63) is 41.2 Å². The average Bonchev–Trinajstić information content (AvgIpc) is 2.38. The second-order valence-corrected chi connectivity index (χ2v) is 4.06. The molecule has 0 saturated heterocycles. The van der Waals surface area contributed by atoms with Gasteiger partial charge >= 0.3 is 6.18 Å². The Morgan fingerprint density at radius 3 is 2.20 bits per heavy atom. The summed E-state index contributed by atoms with van der Waals surface area (Å²) in [5, 5.41) is 0.292. The molecular formula is C11H9Cl2F3N4. The van der Waals surface area contributed by atoms with Gasteiger partial charge in [-0.15, -0.1) is 12.4 Å². The molecule has 0 atom stereocenters. The lowest BCUT2D eigenvalue weighted by molar-refractivity contribution is -0.144. The van der Waals surface area contributed by atoms with Crippen LogP contribution in [0.4, 0.5) is 13.2 Å². The topological polar surface area (TPSA) is 64.7 Å². The molecule has 9 heteroatoms. The highest BCUT2D eigenvalue weighted by atomic mass is 35.5. The highest BCUT2D eigenvalue weighted by Gasteiger charge is 2.34. The summed E-state index contributed by atoms with van der Waals surface area (Å²) in [4.78, 5) is 10.5. The predicted molar refractivity (Wildman–Crippen MR) is 70.4 cm³/mol. The lowest BCUT2D eigenvalue weighted by atomic mass is 10.1. The van der Waals surface area contributed by atoms with Gasteiger partial charge in [-0.25, -0.2) is 9.97 Å². The van der Waals surface area contributed by atoms with E-state index in [-0.39, 0.29) is 19.0 Å². The smallest absolute Gasteiger partial charge is 0.325 e. The van der Waals surface area contributed by atoms with Gasteiger partial charge in [0, 0.05) is 36.3 Å². The molecule has 108 valence electrons. The number of pyridine rings is 1. The Hall–Kier alpha value is -1.44. The van der Waals surface area contributed by atoms with Crippen molar-refractivity contribution in [2.24, 2.45) is 5.73 Å². The summed E-state index contributed by atoms with van der Waals surface area (Å²) in [6.45, 7) is 0.200. The summed E-state index contributed by atoms with van der Waals surface area (Å²) in [6.07, 6.45) is -1.05. The van der Waals surface area contributed by atoms with E-state index in [1.165, 1.54) is 6.20 Å². The number of aromatic nitrogens is 3. The Labute approximate surface area is 123 Å². The maximum absolute atomic E-state index is 12.3. The first kappa shape index (κ1) is 16.6. The SMILES string of the molecule is Cl.NCc1cc(-c2cnc(C(F)(F)F)nc2)c(Cl)cn1. The van der Waals surface area contributed by atoms with Gasteiger partial charge in [0.25, 0.3) is 0 Å². The van der Waals surface area contributed by atoms with Crippen molar-refractivity contribution in [3.8, 4) is 11.1 Å². The van der Waals surface area contributed by atoms with Gasteiger partial charge < -0.3 is 5.73 Å². The molecule has 2 rings (SSSR count). The van der Waals surface area contributed by atoms with Crippen molar-refractivity contribution >= 4 is 24.0 Å². The third kappa shape index (κ3) is 3.56. The number of alkyl halides is 3.